The molecule has 72 valence electrons. The van der Waals surface area contributed by atoms with Crippen molar-refractivity contribution < 1.29 is 0 Å². The predicted octanol–water partition coefficient (Wildman–Crippen LogP) is 1.70. The molecule has 1 saturated heterocycles. The van der Waals surface area contributed by atoms with Crippen LogP contribution in [0.25, 0.3) is 0 Å². The number of nitrogens with zero attached hydrogens (tertiary/aromatic N) is 1. The molecule has 0 bridgehead atoms. The third-order valence-electron chi connectivity index (χ3n) is 2.36. The summed E-state index contributed by atoms with van der Waals surface area (Å²) in [4.78, 5) is 4.17. The number of nitrogens with one attached hydrogen (secondary N) is 2. The van der Waals surface area contributed by atoms with Gasteiger partial charge in [-0.1, -0.05) is 0 Å². The molecule has 0 amide bonds. The van der Waals surface area contributed by atoms with Crippen molar-refractivity contribution in [1.29, 1.82) is 0 Å². The van der Waals surface area contributed by atoms with Gasteiger partial charge >= 0.3 is 0 Å². The zero-order valence-electron chi connectivity index (χ0n) is 7.62. The maximum absolute atomic E-state index is 4.17. The summed E-state index contributed by atoms with van der Waals surface area (Å²) in [5.74, 6) is 0. The van der Waals surface area contributed by atoms with Gasteiger partial charge in [-0.25, -0.2) is 4.98 Å². The van der Waals surface area contributed by atoms with E-state index in [9.17, 15) is 0 Å². The summed E-state index contributed by atoms with van der Waals surface area (Å²) < 4.78 is 0. The molecule has 0 radical (unpaired) electrons. The molecule has 1 fully saturated rings. The van der Waals surface area contributed by atoms with Crippen LogP contribution in [0.1, 0.15) is 19.3 Å². The van der Waals surface area contributed by atoms with Crippen molar-refractivity contribution in [3.05, 3.63) is 11.6 Å². The second-order valence-electron chi connectivity index (χ2n) is 3.35. The van der Waals surface area contributed by atoms with E-state index in [-0.39, 0.29) is 0 Å². The number of hydrogen-bond donors (Lipinski definition) is 2. The summed E-state index contributed by atoms with van der Waals surface area (Å²) in [5, 5.41) is 9.83. The van der Waals surface area contributed by atoms with Gasteiger partial charge in [-0.3, -0.25) is 0 Å². The van der Waals surface area contributed by atoms with Crippen LogP contribution in [0.5, 0.6) is 0 Å². The molecule has 0 spiro atoms. The molecule has 2 N–H and O–H groups in total. The molecular weight excluding hydrogens is 182 g/mol. The van der Waals surface area contributed by atoms with Gasteiger partial charge < -0.3 is 10.6 Å². The maximum Gasteiger partial charge on any atom is 0.182 e. The van der Waals surface area contributed by atoms with Gasteiger partial charge in [-0.15, -0.1) is 11.3 Å². The number of anilines is 1. The Kier molecular flexibility index (Phi) is 3.16. The van der Waals surface area contributed by atoms with E-state index in [1.165, 1.54) is 25.8 Å². The number of hydrogen-bond acceptors (Lipinski definition) is 4. The van der Waals surface area contributed by atoms with Crippen molar-refractivity contribution in [3.63, 3.8) is 0 Å². The van der Waals surface area contributed by atoms with Crippen LogP contribution in [0.3, 0.4) is 0 Å². The lowest BCUT2D eigenvalue weighted by Gasteiger charge is -2.09. The Bertz CT molecular complexity index is 229. The largest absolute Gasteiger partial charge is 0.361 e. The standard InChI is InChI=1S/C9H15N3S/c1-2-8(10-4-1)3-5-11-9-12-6-7-13-9/h6-8,10H,1-5H2,(H,11,12)/t8-/m1/s1. The molecule has 0 aliphatic carbocycles. The lowest BCUT2D eigenvalue weighted by molar-refractivity contribution is 0.574. The van der Waals surface area contributed by atoms with E-state index in [0.717, 1.165) is 17.7 Å². The average molecular weight is 197 g/mol. The van der Waals surface area contributed by atoms with E-state index < -0.39 is 0 Å². The normalized spacial score (nSPS) is 22.0. The SMILES string of the molecule is c1csc(NCC[C@H]2CCCN2)n1. The van der Waals surface area contributed by atoms with Crippen LogP contribution < -0.4 is 10.6 Å². The van der Waals surface area contributed by atoms with E-state index >= 15 is 0 Å². The average Bonchev–Trinajstić information content (AvgIpc) is 2.75. The van der Waals surface area contributed by atoms with Crippen LogP contribution in [-0.2, 0) is 0 Å². The molecule has 1 aromatic rings. The Labute approximate surface area is 82.6 Å². The summed E-state index contributed by atoms with van der Waals surface area (Å²) in [5.41, 5.74) is 0. The van der Waals surface area contributed by atoms with Crippen molar-refractivity contribution in [2.24, 2.45) is 0 Å². The molecule has 4 heteroatoms. The van der Waals surface area contributed by atoms with E-state index in [0.29, 0.717) is 0 Å². The minimum Gasteiger partial charge on any atom is -0.361 e. The smallest absolute Gasteiger partial charge is 0.182 e. The van der Waals surface area contributed by atoms with Crippen LogP contribution in [0.15, 0.2) is 11.6 Å². The zero-order chi connectivity index (χ0) is 8.93. The molecule has 2 heterocycles. The van der Waals surface area contributed by atoms with Crippen LogP contribution in [0.4, 0.5) is 5.13 Å². The minimum absolute atomic E-state index is 0.729. The highest BCUT2D eigenvalue weighted by Crippen LogP contribution is 2.12. The molecule has 0 saturated carbocycles. The van der Waals surface area contributed by atoms with E-state index in [4.69, 9.17) is 0 Å². The predicted molar refractivity (Wildman–Crippen MR) is 56.2 cm³/mol. The third kappa shape index (κ3) is 2.67. The first-order chi connectivity index (χ1) is 6.45. The lowest BCUT2D eigenvalue weighted by atomic mass is 10.2. The first-order valence-electron chi connectivity index (χ1n) is 4.82. The highest BCUT2D eigenvalue weighted by Gasteiger charge is 2.12. The van der Waals surface area contributed by atoms with E-state index in [1.807, 2.05) is 11.6 Å². The number of thiazole rings is 1. The molecule has 2 rings (SSSR count). The Hall–Kier alpha value is -0.610. The van der Waals surface area contributed by atoms with Gasteiger partial charge in [0.2, 0.25) is 0 Å². The summed E-state index contributed by atoms with van der Waals surface area (Å²) in [6.07, 6.45) is 5.71. The topological polar surface area (TPSA) is 37.0 Å². The van der Waals surface area contributed by atoms with Gasteiger partial charge in [0.15, 0.2) is 5.13 Å². The lowest BCUT2D eigenvalue weighted by Crippen LogP contribution is -2.23. The molecule has 1 aliphatic heterocycles. The van der Waals surface area contributed by atoms with Crippen LogP contribution in [0, 0.1) is 0 Å². The molecule has 3 nitrogen and oxygen atoms in total. The second-order valence-corrected chi connectivity index (χ2v) is 4.24. The minimum atomic E-state index is 0.729. The Morgan fingerprint density at radius 2 is 2.69 bits per heavy atom. The van der Waals surface area contributed by atoms with Gasteiger partial charge in [-0.05, 0) is 25.8 Å². The Morgan fingerprint density at radius 1 is 1.69 bits per heavy atom. The second kappa shape index (κ2) is 4.58. The Balaban J connectivity index is 1.63. The summed E-state index contributed by atoms with van der Waals surface area (Å²) >= 11 is 1.66. The van der Waals surface area contributed by atoms with Gasteiger partial charge in [-0.2, -0.15) is 0 Å². The van der Waals surface area contributed by atoms with Crippen LogP contribution in [0.2, 0.25) is 0 Å². The highest BCUT2D eigenvalue weighted by atomic mass is 32.1. The fourth-order valence-corrected chi connectivity index (χ4v) is 2.22. The fraction of sp³-hybridized carbons (Fsp3) is 0.667. The third-order valence-corrected chi connectivity index (χ3v) is 3.09. The van der Waals surface area contributed by atoms with Crippen LogP contribution >= 0.6 is 11.3 Å². The van der Waals surface area contributed by atoms with E-state index in [1.54, 1.807) is 11.3 Å². The maximum atomic E-state index is 4.17. The van der Waals surface area contributed by atoms with Crippen molar-refractivity contribution in [2.45, 2.75) is 25.3 Å². The molecular formula is C9H15N3S. The molecule has 0 unspecified atom stereocenters. The zero-order valence-corrected chi connectivity index (χ0v) is 8.44. The molecule has 0 aromatic carbocycles. The number of rotatable bonds is 4. The van der Waals surface area contributed by atoms with Gasteiger partial charge in [0.25, 0.3) is 0 Å². The summed E-state index contributed by atoms with van der Waals surface area (Å²) in [6, 6.07) is 0.729. The molecule has 1 aliphatic rings. The Morgan fingerprint density at radius 3 is 3.38 bits per heavy atom. The van der Waals surface area contributed by atoms with Gasteiger partial charge in [0, 0.05) is 24.2 Å². The first kappa shape index (κ1) is 8.97. The monoisotopic (exact) mass is 197 g/mol. The van der Waals surface area contributed by atoms with Gasteiger partial charge in [0.1, 0.15) is 0 Å². The first-order valence-corrected chi connectivity index (χ1v) is 5.70. The van der Waals surface area contributed by atoms with E-state index in [2.05, 4.69) is 15.6 Å². The number of aromatic nitrogens is 1. The van der Waals surface area contributed by atoms with Crippen LogP contribution in [-0.4, -0.2) is 24.1 Å². The summed E-state index contributed by atoms with van der Waals surface area (Å²) in [6.45, 7) is 2.23. The highest BCUT2D eigenvalue weighted by molar-refractivity contribution is 7.13. The quantitative estimate of drug-likeness (QED) is 0.771. The summed E-state index contributed by atoms with van der Waals surface area (Å²) in [7, 11) is 0. The van der Waals surface area contributed by atoms with Crippen molar-refractivity contribution in [2.75, 3.05) is 18.4 Å². The molecule has 13 heavy (non-hydrogen) atoms. The fourth-order valence-electron chi connectivity index (χ4n) is 1.67. The van der Waals surface area contributed by atoms with Gasteiger partial charge in [0.05, 0.1) is 0 Å². The van der Waals surface area contributed by atoms with Crippen molar-refractivity contribution >= 4 is 16.5 Å². The van der Waals surface area contributed by atoms with Crippen molar-refractivity contribution in [1.82, 2.24) is 10.3 Å². The molecule has 1 aromatic heterocycles. The van der Waals surface area contributed by atoms with Crippen molar-refractivity contribution in [3.8, 4) is 0 Å². The molecule has 1 atom stereocenters.